The number of aryl methyl sites for hydroxylation is 2. The second-order valence-electron chi connectivity index (χ2n) is 5.07. The highest BCUT2D eigenvalue weighted by atomic mass is 16.5. The van der Waals surface area contributed by atoms with Gasteiger partial charge < -0.3 is 15.8 Å². The number of hydrogen-bond acceptors (Lipinski definition) is 3. The average molecular weight is 254 g/mol. The molecule has 0 aliphatic carbocycles. The van der Waals surface area contributed by atoms with Gasteiger partial charge in [0, 0.05) is 12.1 Å². The van der Waals surface area contributed by atoms with Crippen molar-refractivity contribution in [1.29, 1.82) is 0 Å². The molecule has 0 aromatic heterocycles. The molecule has 3 heteroatoms. The minimum Gasteiger partial charge on any atom is -0.493 e. The molecule has 0 spiro atoms. The lowest BCUT2D eigenvalue weighted by molar-refractivity contribution is 0.357. The third kappa shape index (κ3) is 2.24. The molecule has 2 aromatic rings. The summed E-state index contributed by atoms with van der Waals surface area (Å²) in [6.07, 6.45) is 0.979. The molecule has 0 radical (unpaired) electrons. The maximum atomic E-state index is 6.06. The molecule has 2 aromatic carbocycles. The van der Waals surface area contributed by atoms with Gasteiger partial charge in [0.15, 0.2) is 0 Å². The summed E-state index contributed by atoms with van der Waals surface area (Å²) in [5.41, 5.74) is 12.6. The van der Waals surface area contributed by atoms with Gasteiger partial charge in [0.25, 0.3) is 0 Å². The Morgan fingerprint density at radius 3 is 2.74 bits per heavy atom. The Bertz CT molecular complexity index is 635. The Labute approximate surface area is 113 Å². The fourth-order valence-electron chi connectivity index (χ4n) is 2.37. The van der Waals surface area contributed by atoms with E-state index in [1.165, 1.54) is 16.7 Å². The third-order valence-corrected chi connectivity index (χ3v) is 3.63. The van der Waals surface area contributed by atoms with Crippen LogP contribution in [0.15, 0.2) is 30.3 Å². The van der Waals surface area contributed by atoms with Crippen LogP contribution in [0.3, 0.4) is 0 Å². The van der Waals surface area contributed by atoms with Crippen molar-refractivity contribution in [3.8, 4) is 5.75 Å². The number of nitrogen functional groups attached to an aromatic ring is 1. The molecule has 19 heavy (non-hydrogen) atoms. The van der Waals surface area contributed by atoms with Gasteiger partial charge >= 0.3 is 0 Å². The average Bonchev–Trinajstić information content (AvgIpc) is 2.83. The van der Waals surface area contributed by atoms with E-state index in [-0.39, 0.29) is 0 Å². The third-order valence-electron chi connectivity index (χ3n) is 3.63. The second-order valence-corrected chi connectivity index (χ2v) is 5.07. The van der Waals surface area contributed by atoms with E-state index in [1.54, 1.807) is 0 Å². The lowest BCUT2D eigenvalue weighted by Gasteiger charge is -2.13. The highest BCUT2D eigenvalue weighted by Crippen LogP contribution is 2.31. The number of nitrogens with two attached hydrogens (primary N) is 1. The molecule has 0 atom stereocenters. The van der Waals surface area contributed by atoms with Crippen LogP contribution in [0.2, 0.25) is 0 Å². The first-order valence-electron chi connectivity index (χ1n) is 6.53. The summed E-state index contributed by atoms with van der Waals surface area (Å²) in [4.78, 5) is 0. The van der Waals surface area contributed by atoms with Crippen molar-refractivity contribution in [1.82, 2.24) is 0 Å². The number of nitrogens with one attached hydrogen (secondary N) is 1. The van der Waals surface area contributed by atoms with Crippen LogP contribution in [0.4, 0.5) is 17.1 Å². The van der Waals surface area contributed by atoms with Crippen molar-refractivity contribution in [2.24, 2.45) is 0 Å². The number of benzene rings is 2. The summed E-state index contributed by atoms with van der Waals surface area (Å²) in [5.74, 6) is 0.999. The van der Waals surface area contributed by atoms with E-state index in [0.29, 0.717) is 0 Å². The first-order valence-corrected chi connectivity index (χ1v) is 6.53. The standard InChI is InChI=1S/C16H18N2O/c1-10-7-14(17)15(8-11(10)2)18-13-3-4-16-12(9-13)5-6-19-16/h3-4,7-9,18H,5-6,17H2,1-2H3. The number of fused-ring (bicyclic) bond motifs is 1. The summed E-state index contributed by atoms with van der Waals surface area (Å²) < 4.78 is 5.51. The van der Waals surface area contributed by atoms with Gasteiger partial charge in [-0.2, -0.15) is 0 Å². The predicted molar refractivity (Wildman–Crippen MR) is 79.3 cm³/mol. The summed E-state index contributed by atoms with van der Waals surface area (Å²) >= 11 is 0. The van der Waals surface area contributed by atoms with Crippen LogP contribution < -0.4 is 15.8 Å². The highest BCUT2D eigenvalue weighted by molar-refractivity contribution is 5.74. The minimum absolute atomic E-state index is 0.778. The molecule has 0 amide bonds. The van der Waals surface area contributed by atoms with E-state index >= 15 is 0 Å². The molecule has 98 valence electrons. The van der Waals surface area contributed by atoms with Gasteiger partial charge in [0.2, 0.25) is 0 Å². The van der Waals surface area contributed by atoms with Crippen molar-refractivity contribution in [3.63, 3.8) is 0 Å². The maximum absolute atomic E-state index is 6.06. The molecule has 3 rings (SSSR count). The topological polar surface area (TPSA) is 47.3 Å². The normalized spacial score (nSPS) is 12.9. The number of hydrogen-bond donors (Lipinski definition) is 2. The molecular formula is C16H18N2O. The van der Waals surface area contributed by atoms with Crippen molar-refractivity contribution >= 4 is 17.1 Å². The molecule has 0 fully saturated rings. The van der Waals surface area contributed by atoms with Crippen LogP contribution in [-0.2, 0) is 6.42 Å². The first-order chi connectivity index (χ1) is 9.13. The van der Waals surface area contributed by atoms with E-state index < -0.39 is 0 Å². The summed E-state index contributed by atoms with van der Waals surface area (Å²) in [6, 6.07) is 10.3. The summed E-state index contributed by atoms with van der Waals surface area (Å²) in [6.45, 7) is 4.95. The maximum Gasteiger partial charge on any atom is 0.122 e. The molecule has 1 aliphatic heterocycles. The zero-order chi connectivity index (χ0) is 13.4. The highest BCUT2D eigenvalue weighted by Gasteiger charge is 2.12. The summed E-state index contributed by atoms with van der Waals surface area (Å²) in [7, 11) is 0. The number of ether oxygens (including phenoxy) is 1. The Morgan fingerprint density at radius 2 is 1.89 bits per heavy atom. The van der Waals surface area contributed by atoms with Crippen LogP contribution >= 0.6 is 0 Å². The lowest BCUT2D eigenvalue weighted by Crippen LogP contribution is -1.98. The second kappa shape index (κ2) is 4.50. The molecule has 1 heterocycles. The van der Waals surface area contributed by atoms with Crippen LogP contribution in [0.1, 0.15) is 16.7 Å². The molecule has 0 bridgehead atoms. The van der Waals surface area contributed by atoms with Gasteiger partial charge in [0.05, 0.1) is 18.0 Å². The number of anilines is 3. The Morgan fingerprint density at radius 1 is 1.11 bits per heavy atom. The molecule has 0 saturated carbocycles. The van der Waals surface area contributed by atoms with Gasteiger partial charge in [-0.25, -0.2) is 0 Å². The Balaban J connectivity index is 1.91. The fraction of sp³-hybridized carbons (Fsp3) is 0.250. The molecule has 0 unspecified atom stereocenters. The van der Waals surface area contributed by atoms with Crippen LogP contribution in [0.5, 0.6) is 5.75 Å². The van der Waals surface area contributed by atoms with Crippen molar-refractivity contribution in [2.75, 3.05) is 17.7 Å². The Hall–Kier alpha value is -2.16. The number of rotatable bonds is 2. The summed E-state index contributed by atoms with van der Waals surface area (Å²) in [5, 5.41) is 3.39. The van der Waals surface area contributed by atoms with E-state index in [9.17, 15) is 0 Å². The zero-order valence-electron chi connectivity index (χ0n) is 11.3. The van der Waals surface area contributed by atoms with Crippen LogP contribution in [-0.4, -0.2) is 6.61 Å². The lowest BCUT2D eigenvalue weighted by atomic mass is 10.1. The molecule has 0 saturated heterocycles. The van der Waals surface area contributed by atoms with Crippen LogP contribution in [0.25, 0.3) is 0 Å². The quantitative estimate of drug-likeness (QED) is 0.805. The molecule has 3 N–H and O–H groups in total. The molecular weight excluding hydrogens is 236 g/mol. The van der Waals surface area contributed by atoms with Gasteiger partial charge in [-0.3, -0.25) is 0 Å². The van der Waals surface area contributed by atoms with Crippen LogP contribution in [0, 0.1) is 13.8 Å². The minimum atomic E-state index is 0.778. The zero-order valence-corrected chi connectivity index (χ0v) is 11.3. The van der Waals surface area contributed by atoms with Crippen molar-refractivity contribution in [2.45, 2.75) is 20.3 Å². The van der Waals surface area contributed by atoms with E-state index in [4.69, 9.17) is 10.5 Å². The fourth-order valence-corrected chi connectivity index (χ4v) is 2.37. The predicted octanol–water partition coefficient (Wildman–Crippen LogP) is 3.56. The van der Waals surface area contributed by atoms with Crippen molar-refractivity contribution in [3.05, 3.63) is 47.0 Å². The van der Waals surface area contributed by atoms with E-state index in [1.807, 2.05) is 18.2 Å². The van der Waals surface area contributed by atoms with Crippen molar-refractivity contribution < 1.29 is 4.74 Å². The smallest absolute Gasteiger partial charge is 0.122 e. The van der Waals surface area contributed by atoms with Gasteiger partial charge in [-0.1, -0.05) is 0 Å². The largest absolute Gasteiger partial charge is 0.493 e. The van der Waals surface area contributed by atoms with Gasteiger partial charge in [-0.15, -0.1) is 0 Å². The van der Waals surface area contributed by atoms with E-state index in [2.05, 4.69) is 31.3 Å². The molecule has 3 nitrogen and oxygen atoms in total. The Kier molecular flexibility index (Phi) is 2.82. The monoisotopic (exact) mass is 254 g/mol. The SMILES string of the molecule is Cc1cc(N)c(Nc2ccc3c(c2)CCO3)cc1C. The first kappa shape index (κ1) is 11.9. The van der Waals surface area contributed by atoms with E-state index in [0.717, 1.165) is 35.8 Å². The van der Waals surface area contributed by atoms with Gasteiger partial charge in [0.1, 0.15) is 5.75 Å². The molecule has 1 aliphatic rings. The van der Waals surface area contributed by atoms with Gasteiger partial charge in [-0.05, 0) is 60.9 Å².